The van der Waals surface area contributed by atoms with Gasteiger partial charge in [-0.2, -0.15) is 0 Å². The number of ether oxygens (including phenoxy) is 2. The molecule has 3 aromatic rings. The lowest BCUT2D eigenvalue weighted by Gasteiger charge is -2.48. The molecule has 2 fully saturated rings. The van der Waals surface area contributed by atoms with Crippen LogP contribution in [0.3, 0.4) is 0 Å². The number of likely N-dealkylation sites (tertiary alicyclic amines) is 1. The van der Waals surface area contributed by atoms with Crippen molar-refractivity contribution in [3.8, 4) is 0 Å². The van der Waals surface area contributed by atoms with Crippen molar-refractivity contribution in [1.82, 2.24) is 9.80 Å². The van der Waals surface area contributed by atoms with Crippen LogP contribution in [0.5, 0.6) is 0 Å². The first kappa shape index (κ1) is 31.9. The number of nitrogens with zero attached hydrogens (tertiary/aromatic N) is 2. The molecule has 2 unspecified atom stereocenters. The van der Waals surface area contributed by atoms with Crippen LogP contribution < -0.4 is 15.9 Å². The Kier molecular flexibility index (Phi) is 8.32. The number of benzene rings is 3. The Morgan fingerprint density at radius 2 is 1.14 bits per heavy atom. The number of carbonyl (C=O) groups excluding carboxylic acids is 3. The number of fused-ring (bicyclic) bond motifs is 1. The maximum Gasteiger partial charge on any atom is 0.412 e. The molecule has 232 valence electrons. The van der Waals surface area contributed by atoms with Crippen molar-refractivity contribution in [2.75, 3.05) is 0 Å². The Morgan fingerprint density at radius 1 is 0.727 bits per heavy atom. The summed E-state index contributed by atoms with van der Waals surface area (Å²) in [6, 6.07) is 29.0. The highest BCUT2D eigenvalue weighted by Crippen LogP contribution is 2.55. The molecule has 2 aliphatic heterocycles. The molecule has 3 aromatic carbocycles. The summed E-state index contributed by atoms with van der Waals surface area (Å²) < 4.78 is 11.9. The van der Waals surface area contributed by atoms with Crippen LogP contribution in [-0.4, -0.2) is 60.7 Å². The molecule has 0 N–H and O–H groups in total. The molecular weight excluding hydrogens is 591 g/mol. The van der Waals surface area contributed by atoms with Crippen LogP contribution in [-0.2, 0) is 19.1 Å². The average molecular weight is 633 g/mol. The second kappa shape index (κ2) is 11.5. The molecule has 44 heavy (non-hydrogen) atoms. The number of thioether (sulfide) groups is 1. The monoisotopic (exact) mass is 632 g/mol. The molecule has 2 amide bonds. The van der Waals surface area contributed by atoms with E-state index in [-0.39, 0.29) is 5.91 Å². The largest absolute Gasteiger partial charge is 0.455 e. The highest BCUT2D eigenvalue weighted by molar-refractivity contribution is 8.02. The summed E-state index contributed by atoms with van der Waals surface area (Å²) in [6.45, 7) is 11.7. The summed E-state index contributed by atoms with van der Waals surface area (Å²) in [6.07, 6.45) is -0.551. The normalized spacial score (nSPS) is 19.6. The van der Waals surface area contributed by atoms with Crippen LogP contribution in [0.1, 0.15) is 55.4 Å². The highest BCUT2D eigenvalue weighted by atomic mass is 32.2. The van der Waals surface area contributed by atoms with E-state index in [1.807, 2.05) is 126 Å². The van der Waals surface area contributed by atoms with E-state index in [1.165, 1.54) is 16.7 Å². The molecule has 5 rings (SSSR count). The molecule has 0 aliphatic carbocycles. The van der Waals surface area contributed by atoms with Crippen molar-refractivity contribution in [2.24, 2.45) is 0 Å². The van der Waals surface area contributed by atoms with E-state index < -0.39 is 46.4 Å². The number of amides is 2. The summed E-state index contributed by atoms with van der Waals surface area (Å²) >= 11 is 1.48. The van der Waals surface area contributed by atoms with Crippen molar-refractivity contribution in [3.63, 3.8) is 0 Å². The zero-order valence-corrected chi connectivity index (χ0v) is 28.3. The van der Waals surface area contributed by atoms with Gasteiger partial charge in [-0.05, 0) is 71.3 Å². The van der Waals surface area contributed by atoms with Crippen molar-refractivity contribution < 1.29 is 23.9 Å². The zero-order chi connectivity index (χ0) is 32.1. The summed E-state index contributed by atoms with van der Waals surface area (Å²) in [5.41, 5.74) is -1.25. The van der Waals surface area contributed by atoms with Gasteiger partial charge >= 0.3 is 12.1 Å². The Hall–Kier alpha value is -3.48. The number of hydrogen-bond donors (Lipinski definition) is 0. The molecule has 0 saturated carbocycles. The number of rotatable bonds is 5. The molecule has 0 spiro atoms. The van der Waals surface area contributed by atoms with E-state index in [0.717, 1.165) is 15.9 Å². The Bertz CT molecular complexity index is 1510. The molecule has 0 aromatic heterocycles. The Morgan fingerprint density at radius 3 is 1.52 bits per heavy atom. The molecule has 2 atom stereocenters. The van der Waals surface area contributed by atoms with Crippen LogP contribution >= 0.6 is 18.6 Å². The molecular formula is C35H41N2O5PS. The smallest absolute Gasteiger partial charge is 0.412 e. The lowest BCUT2D eigenvalue weighted by Crippen LogP contribution is -2.70. The van der Waals surface area contributed by atoms with E-state index in [4.69, 9.17) is 9.47 Å². The van der Waals surface area contributed by atoms with Gasteiger partial charge in [-0.1, -0.05) is 91.0 Å². The first-order chi connectivity index (χ1) is 20.6. The quantitative estimate of drug-likeness (QED) is 0.204. The SMILES string of the molecule is CC(C)(C)OC(=O)C(N1C(=O)C2C1SC(C)(C)N2C(=O)OC(C)(C)C)=P(c1ccccc1)(c1ccccc1)c1ccccc1. The van der Waals surface area contributed by atoms with Crippen LogP contribution in [0, 0.1) is 0 Å². The summed E-state index contributed by atoms with van der Waals surface area (Å²) in [5, 5.41) is 2.24. The van der Waals surface area contributed by atoms with Gasteiger partial charge in [0.1, 0.15) is 28.0 Å². The lowest BCUT2D eigenvalue weighted by molar-refractivity contribution is -0.152. The second-order valence-corrected chi connectivity index (χ2v) is 18.5. The van der Waals surface area contributed by atoms with E-state index in [1.54, 1.807) is 25.7 Å². The van der Waals surface area contributed by atoms with Gasteiger partial charge in [-0.15, -0.1) is 11.8 Å². The van der Waals surface area contributed by atoms with Crippen molar-refractivity contribution in [2.45, 2.75) is 82.9 Å². The first-order valence-electron chi connectivity index (χ1n) is 14.8. The molecule has 2 aliphatic rings. The van der Waals surface area contributed by atoms with Gasteiger partial charge in [0, 0.05) is 6.89 Å². The third-order valence-corrected chi connectivity index (χ3v) is 13.2. The zero-order valence-electron chi connectivity index (χ0n) is 26.6. The van der Waals surface area contributed by atoms with Gasteiger partial charge in [-0.3, -0.25) is 14.6 Å². The maximum absolute atomic E-state index is 14.7. The van der Waals surface area contributed by atoms with E-state index >= 15 is 0 Å². The Balaban J connectivity index is 1.85. The number of carbonyl (C=O) groups is 3. The fourth-order valence-electron chi connectivity index (χ4n) is 5.85. The van der Waals surface area contributed by atoms with Crippen molar-refractivity contribution >= 4 is 57.9 Å². The van der Waals surface area contributed by atoms with Crippen LogP contribution in [0.15, 0.2) is 91.0 Å². The number of β-lactam (4-membered cyclic amide) rings is 1. The van der Waals surface area contributed by atoms with Gasteiger partial charge in [0.15, 0.2) is 0 Å². The predicted octanol–water partition coefficient (Wildman–Crippen LogP) is 5.71. The van der Waals surface area contributed by atoms with E-state index in [2.05, 4.69) is 0 Å². The molecule has 9 heteroatoms. The second-order valence-electron chi connectivity index (χ2n) is 13.5. The minimum atomic E-state index is -3.03. The lowest BCUT2D eigenvalue weighted by atomic mass is 10.0. The molecule has 2 saturated heterocycles. The van der Waals surface area contributed by atoms with Crippen molar-refractivity contribution in [1.29, 1.82) is 0 Å². The van der Waals surface area contributed by atoms with Crippen molar-refractivity contribution in [3.05, 3.63) is 91.0 Å². The third-order valence-electron chi connectivity index (χ3n) is 7.43. The fourth-order valence-corrected chi connectivity index (χ4v) is 11.9. The van der Waals surface area contributed by atoms with Crippen LogP contribution in [0.2, 0.25) is 0 Å². The summed E-state index contributed by atoms with van der Waals surface area (Å²) in [5.74, 6) is -0.879. The van der Waals surface area contributed by atoms with Gasteiger partial charge in [0.05, 0.1) is 4.87 Å². The van der Waals surface area contributed by atoms with Crippen LogP contribution in [0.25, 0.3) is 0 Å². The minimum absolute atomic E-state index is 0.302. The summed E-state index contributed by atoms with van der Waals surface area (Å²) in [7, 11) is 0. The molecule has 0 radical (unpaired) electrons. The molecule has 0 bridgehead atoms. The van der Waals surface area contributed by atoms with Gasteiger partial charge in [-0.25, -0.2) is 9.59 Å². The fraction of sp³-hybridized carbons (Fsp3) is 0.371. The van der Waals surface area contributed by atoms with Gasteiger partial charge in [0.2, 0.25) is 0 Å². The standard InChI is InChI=1S/C35H41N2O5PS/c1-33(2,3)41-31(39)29(36-28(38)27-30(36)44-35(7,8)37(27)32(40)42-34(4,5)6)43(24-18-12-9-13-19-24,25-20-14-10-15-21-25)26-22-16-11-17-23-26/h9-23,27,30H,1-8H3. The van der Waals surface area contributed by atoms with Gasteiger partial charge < -0.3 is 9.47 Å². The Labute approximate surface area is 264 Å². The number of esters is 1. The van der Waals surface area contributed by atoms with Gasteiger partial charge in [0.25, 0.3) is 5.91 Å². The average Bonchev–Trinajstić information content (AvgIpc) is 3.20. The predicted molar refractivity (Wildman–Crippen MR) is 180 cm³/mol. The highest BCUT2D eigenvalue weighted by Gasteiger charge is 2.66. The van der Waals surface area contributed by atoms with Crippen LogP contribution in [0.4, 0.5) is 4.79 Å². The van der Waals surface area contributed by atoms with E-state index in [9.17, 15) is 14.4 Å². The minimum Gasteiger partial charge on any atom is -0.455 e. The van der Waals surface area contributed by atoms with E-state index in [0.29, 0.717) is 5.42 Å². The molecule has 2 heterocycles. The third kappa shape index (κ3) is 5.70. The maximum atomic E-state index is 14.7. The topological polar surface area (TPSA) is 76.2 Å². The first-order valence-corrected chi connectivity index (χ1v) is 17.4. The molecule has 7 nitrogen and oxygen atoms in total. The number of hydrogen-bond acceptors (Lipinski definition) is 6. The summed E-state index contributed by atoms with van der Waals surface area (Å²) in [4.78, 5) is 45.1.